The summed E-state index contributed by atoms with van der Waals surface area (Å²) < 4.78 is 27.6. The molecule has 0 radical (unpaired) electrons. The van der Waals surface area contributed by atoms with Gasteiger partial charge in [-0.2, -0.15) is 0 Å². The molecule has 1 aliphatic heterocycles. The maximum Gasteiger partial charge on any atom is 0.273 e. The molecular weight excluding hydrogens is 438 g/mol. The molecule has 1 aromatic heterocycles. The van der Waals surface area contributed by atoms with Crippen LogP contribution in [0.25, 0.3) is 0 Å². The number of benzene rings is 2. The third-order valence-electron chi connectivity index (χ3n) is 5.78. The van der Waals surface area contributed by atoms with Crippen molar-refractivity contribution in [2.75, 3.05) is 21.0 Å². The zero-order chi connectivity index (χ0) is 23.5. The molecule has 3 aromatic rings. The van der Waals surface area contributed by atoms with E-state index in [4.69, 9.17) is 23.4 Å². The number of rotatable bonds is 10. The first-order valence-corrected chi connectivity index (χ1v) is 11.2. The van der Waals surface area contributed by atoms with E-state index in [1.165, 1.54) is 6.26 Å². The molecule has 1 saturated carbocycles. The fraction of sp³-hybridized carbons (Fsp3) is 0.360. The normalized spacial score (nSPS) is 14.3. The zero-order valence-corrected chi connectivity index (χ0v) is 19.2. The molecule has 2 aliphatic rings. The first-order chi connectivity index (χ1) is 16.6. The Labute approximate surface area is 197 Å². The lowest BCUT2D eigenvalue weighted by molar-refractivity contribution is 0.0946. The number of carbonyl (C=O) groups excluding carboxylic acids is 1. The molecule has 9 nitrogen and oxygen atoms in total. The lowest BCUT2D eigenvalue weighted by Gasteiger charge is -2.22. The summed E-state index contributed by atoms with van der Waals surface area (Å²) in [6.45, 7) is 1.75. The second kappa shape index (κ2) is 9.64. The van der Waals surface area contributed by atoms with Gasteiger partial charge in [0.25, 0.3) is 5.91 Å². The van der Waals surface area contributed by atoms with Crippen molar-refractivity contribution < 1.29 is 28.2 Å². The molecule has 9 heteroatoms. The summed E-state index contributed by atoms with van der Waals surface area (Å²) in [5, 5.41) is 2.94. The predicted molar refractivity (Wildman–Crippen MR) is 122 cm³/mol. The van der Waals surface area contributed by atoms with Gasteiger partial charge in [0.2, 0.25) is 12.7 Å². The molecule has 5 rings (SSSR count). The molecule has 0 spiro atoms. The Bertz CT molecular complexity index is 1170. The highest BCUT2D eigenvalue weighted by Crippen LogP contribution is 2.33. The Kier molecular flexibility index (Phi) is 6.27. The SMILES string of the molecule is COc1ccc(OC)c(CN(Cc2ccc3c(c2)OCO3)Cc2nc(C(=O)NC3CC3)co2)c1. The number of hydrogen-bond acceptors (Lipinski definition) is 8. The maximum atomic E-state index is 12.3. The van der Waals surface area contributed by atoms with Gasteiger partial charge >= 0.3 is 0 Å². The van der Waals surface area contributed by atoms with E-state index in [0.29, 0.717) is 31.2 Å². The van der Waals surface area contributed by atoms with E-state index in [1.807, 2.05) is 36.4 Å². The summed E-state index contributed by atoms with van der Waals surface area (Å²) in [5.41, 5.74) is 2.30. The van der Waals surface area contributed by atoms with E-state index < -0.39 is 0 Å². The number of amides is 1. The van der Waals surface area contributed by atoms with Gasteiger partial charge in [0.1, 0.15) is 17.8 Å². The van der Waals surface area contributed by atoms with Crippen LogP contribution in [-0.4, -0.2) is 42.8 Å². The lowest BCUT2D eigenvalue weighted by Crippen LogP contribution is -2.26. The number of fused-ring (bicyclic) bond motifs is 1. The van der Waals surface area contributed by atoms with Crippen LogP contribution < -0.4 is 24.3 Å². The van der Waals surface area contributed by atoms with Crippen LogP contribution in [0.5, 0.6) is 23.0 Å². The van der Waals surface area contributed by atoms with Gasteiger partial charge in [0.05, 0.1) is 20.8 Å². The van der Waals surface area contributed by atoms with Crippen LogP contribution in [0.4, 0.5) is 0 Å². The summed E-state index contributed by atoms with van der Waals surface area (Å²) in [7, 11) is 3.28. The minimum Gasteiger partial charge on any atom is -0.497 e. The molecule has 0 saturated heterocycles. The average Bonchev–Trinajstić information content (AvgIpc) is 3.32. The lowest BCUT2D eigenvalue weighted by atomic mass is 10.1. The number of nitrogens with one attached hydrogen (secondary N) is 1. The van der Waals surface area contributed by atoms with Crippen LogP contribution in [-0.2, 0) is 19.6 Å². The van der Waals surface area contributed by atoms with E-state index in [-0.39, 0.29) is 18.7 Å². The second-order valence-corrected chi connectivity index (χ2v) is 8.38. The number of methoxy groups -OCH3 is 2. The van der Waals surface area contributed by atoms with Crippen LogP contribution in [0, 0.1) is 0 Å². The molecule has 0 bridgehead atoms. The summed E-state index contributed by atoms with van der Waals surface area (Å²) in [6.07, 6.45) is 3.45. The predicted octanol–water partition coefficient (Wildman–Crippen LogP) is 3.52. The van der Waals surface area contributed by atoms with E-state index in [1.54, 1.807) is 14.2 Å². The monoisotopic (exact) mass is 465 g/mol. The van der Waals surface area contributed by atoms with Crippen molar-refractivity contribution in [3.63, 3.8) is 0 Å². The number of ether oxygens (including phenoxy) is 4. The van der Waals surface area contributed by atoms with Crippen molar-refractivity contribution in [3.05, 3.63) is 65.4 Å². The van der Waals surface area contributed by atoms with Crippen LogP contribution in [0.2, 0.25) is 0 Å². The van der Waals surface area contributed by atoms with E-state index in [2.05, 4.69) is 15.2 Å². The smallest absolute Gasteiger partial charge is 0.273 e. The fourth-order valence-corrected chi connectivity index (χ4v) is 3.88. The maximum absolute atomic E-state index is 12.3. The van der Waals surface area contributed by atoms with E-state index in [9.17, 15) is 4.79 Å². The number of aromatic nitrogens is 1. The van der Waals surface area contributed by atoms with Gasteiger partial charge in [-0.05, 0) is 48.7 Å². The van der Waals surface area contributed by atoms with Gasteiger partial charge < -0.3 is 28.7 Å². The van der Waals surface area contributed by atoms with Crippen molar-refractivity contribution in [1.82, 2.24) is 15.2 Å². The fourth-order valence-electron chi connectivity index (χ4n) is 3.88. The van der Waals surface area contributed by atoms with E-state index >= 15 is 0 Å². The second-order valence-electron chi connectivity index (χ2n) is 8.38. The van der Waals surface area contributed by atoms with Crippen LogP contribution in [0.15, 0.2) is 47.1 Å². The molecule has 2 aromatic carbocycles. The largest absolute Gasteiger partial charge is 0.497 e. The molecule has 1 aliphatic carbocycles. The highest BCUT2D eigenvalue weighted by Gasteiger charge is 2.25. The molecular formula is C25H27N3O6. The minimum atomic E-state index is -0.200. The van der Waals surface area contributed by atoms with Gasteiger partial charge in [-0.15, -0.1) is 0 Å². The molecule has 0 atom stereocenters. The van der Waals surface area contributed by atoms with Crippen molar-refractivity contribution in [2.24, 2.45) is 0 Å². The Hall–Kier alpha value is -3.72. The molecule has 178 valence electrons. The number of hydrogen-bond donors (Lipinski definition) is 1. The summed E-state index contributed by atoms with van der Waals surface area (Å²) in [4.78, 5) is 18.9. The van der Waals surface area contributed by atoms with Crippen LogP contribution in [0.3, 0.4) is 0 Å². The highest BCUT2D eigenvalue weighted by atomic mass is 16.7. The van der Waals surface area contributed by atoms with Crippen molar-refractivity contribution >= 4 is 5.91 Å². The highest BCUT2D eigenvalue weighted by molar-refractivity contribution is 5.92. The van der Waals surface area contributed by atoms with Crippen LogP contribution >= 0.6 is 0 Å². The molecule has 34 heavy (non-hydrogen) atoms. The molecule has 0 unspecified atom stereocenters. The van der Waals surface area contributed by atoms with Gasteiger partial charge in [-0.1, -0.05) is 6.07 Å². The van der Waals surface area contributed by atoms with Gasteiger partial charge in [-0.25, -0.2) is 4.98 Å². The molecule has 2 heterocycles. The zero-order valence-electron chi connectivity index (χ0n) is 19.2. The summed E-state index contributed by atoms with van der Waals surface area (Å²) >= 11 is 0. The number of carbonyl (C=O) groups is 1. The third kappa shape index (κ3) is 5.09. The first kappa shape index (κ1) is 22.1. The minimum absolute atomic E-state index is 0.200. The standard InChI is InChI=1S/C25H27N3O6/c1-30-19-6-8-21(31-2)17(10-19)12-28(11-16-3-7-22-23(9-16)34-15-33-22)13-24-27-20(14-32-24)25(29)26-18-4-5-18/h3,6-10,14,18H,4-5,11-13,15H2,1-2H3,(H,26,29). The summed E-state index contributed by atoms with van der Waals surface area (Å²) in [5.74, 6) is 3.23. The molecule has 1 fully saturated rings. The Morgan fingerprint density at radius 3 is 2.71 bits per heavy atom. The average molecular weight is 466 g/mol. The van der Waals surface area contributed by atoms with Crippen LogP contribution in [0.1, 0.15) is 40.3 Å². The topological polar surface area (TPSA) is 95.3 Å². The first-order valence-electron chi connectivity index (χ1n) is 11.2. The summed E-state index contributed by atoms with van der Waals surface area (Å²) in [6, 6.07) is 11.9. The Morgan fingerprint density at radius 2 is 1.91 bits per heavy atom. The molecule has 1 N–H and O–H groups in total. The van der Waals surface area contributed by atoms with E-state index in [0.717, 1.165) is 47.0 Å². The Morgan fingerprint density at radius 1 is 1.06 bits per heavy atom. The quantitative estimate of drug-likeness (QED) is 0.486. The van der Waals surface area contributed by atoms with Gasteiger partial charge in [0.15, 0.2) is 17.2 Å². The number of nitrogens with zero attached hydrogens (tertiary/aromatic N) is 2. The third-order valence-corrected chi connectivity index (χ3v) is 5.78. The van der Waals surface area contributed by atoms with Crippen molar-refractivity contribution in [1.29, 1.82) is 0 Å². The van der Waals surface area contributed by atoms with Crippen molar-refractivity contribution in [3.8, 4) is 23.0 Å². The molecule has 1 amide bonds. The van der Waals surface area contributed by atoms with Gasteiger partial charge in [0, 0.05) is 24.7 Å². The number of oxazole rings is 1. The van der Waals surface area contributed by atoms with Gasteiger partial charge in [-0.3, -0.25) is 9.69 Å². The Balaban J connectivity index is 1.37. The van der Waals surface area contributed by atoms with Crippen molar-refractivity contribution in [2.45, 2.75) is 38.5 Å².